The molecular weight excluding hydrogens is 345 g/mol. The first kappa shape index (κ1) is 18.3. The number of amides is 2. The number of para-hydroxylation sites is 2. The van der Waals surface area contributed by atoms with Gasteiger partial charge in [0.05, 0.1) is 5.69 Å². The first-order valence-electron chi connectivity index (χ1n) is 8.49. The molecule has 1 heterocycles. The van der Waals surface area contributed by atoms with E-state index in [9.17, 15) is 14.0 Å². The lowest BCUT2D eigenvalue weighted by atomic mass is 10.1. The minimum atomic E-state index is -0.594. The highest BCUT2D eigenvalue weighted by molar-refractivity contribution is 6.08. The van der Waals surface area contributed by atoms with E-state index < -0.39 is 11.7 Å². The van der Waals surface area contributed by atoms with Gasteiger partial charge in [-0.3, -0.25) is 14.6 Å². The topological polar surface area (TPSA) is 71.1 Å². The fourth-order valence-electron chi connectivity index (χ4n) is 2.59. The molecule has 1 aromatic heterocycles. The fraction of sp³-hybridized carbons (Fsp3) is 0.0952. The van der Waals surface area contributed by atoms with Crippen LogP contribution in [0, 0.1) is 5.82 Å². The average molecular weight is 363 g/mol. The Morgan fingerprint density at radius 2 is 1.59 bits per heavy atom. The zero-order chi connectivity index (χ0) is 19.2. The SMILES string of the molecule is CCc1ccccc1NC(=O)c1ccnc(C(=O)Nc2ccccc2F)c1. The van der Waals surface area contributed by atoms with Gasteiger partial charge in [0, 0.05) is 17.4 Å². The number of rotatable bonds is 5. The summed E-state index contributed by atoms with van der Waals surface area (Å²) in [6.45, 7) is 2.00. The van der Waals surface area contributed by atoms with E-state index in [1.54, 1.807) is 6.07 Å². The number of halogens is 1. The molecule has 3 rings (SSSR count). The number of nitrogens with zero attached hydrogens (tertiary/aromatic N) is 1. The molecule has 136 valence electrons. The van der Waals surface area contributed by atoms with Gasteiger partial charge in [-0.25, -0.2) is 4.39 Å². The van der Waals surface area contributed by atoms with Crippen LogP contribution in [0.25, 0.3) is 0 Å². The lowest BCUT2D eigenvalue weighted by molar-refractivity contribution is 0.102. The number of anilines is 2. The fourth-order valence-corrected chi connectivity index (χ4v) is 2.59. The Labute approximate surface area is 156 Å². The molecule has 0 aliphatic heterocycles. The Morgan fingerprint density at radius 1 is 0.926 bits per heavy atom. The summed E-state index contributed by atoms with van der Waals surface area (Å²) in [5, 5.41) is 5.30. The lowest BCUT2D eigenvalue weighted by Crippen LogP contribution is -2.17. The minimum absolute atomic E-state index is 0.0229. The molecule has 0 radical (unpaired) electrons. The Morgan fingerprint density at radius 3 is 2.33 bits per heavy atom. The molecule has 0 saturated carbocycles. The number of hydrogen-bond donors (Lipinski definition) is 2. The van der Waals surface area contributed by atoms with E-state index in [4.69, 9.17) is 0 Å². The smallest absolute Gasteiger partial charge is 0.274 e. The van der Waals surface area contributed by atoms with E-state index in [-0.39, 0.29) is 22.9 Å². The summed E-state index contributed by atoms with van der Waals surface area (Å²) in [6, 6.07) is 16.2. The number of benzene rings is 2. The average Bonchev–Trinajstić information content (AvgIpc) is 2.70. The van der Waals surface area contributed by atoms with E-state index in [2.05, 4.69) is 15.6 Å². The molecule has 0 spiro atoms. The first-order chi connectivity index (χ1) is 13.1. The molecule has 0 bridgehead atoms. The van der Waals surface area contributed by atoms with Crippen molar-refractivity contribution in [1.29, 1.82) is 0 Å². The van der Waals surface area contributed by atoms with Crippen LogP contribution >= 0.6 is 0 Å². The van der Waals surface area contributed by atoms with Crippen LogP contribution in [0.2, 0.25) is 0 Å². The van der Waals surface area contributed by atoms with Crippen molar-refractivity contribution in [3.05, 3.63) is 89.5 Å². The van der Waals surface area contributed by atoms with E-state index in [0.29, 0.717) is 0 Å². The molecule has 27 heavy (non-hydrogen) atoms. The summed E-state index contributed by atoms with van der Waals surface area (Å²) in [5.41, 5.74) is 2.09. The van der Waals surface area contributed by atoms with Crippen molar-refractivity contribution in [2.45, 2.75) is 13.3 Å². The third-order valence-corrected chi connectivity index (χ3v) is 4.02. The Hall–Kier alpha value is -3.54. The van der Waals surface area contributed by atoms with Crippen molar-refractivity contribution in [2.24, 2.45) is 0 Å². The van der Waals surface area contributed by atoms with Crippen LogP contribution in [0.5, 0.6) is 0 Å². The van der Waals surface area contributed by atoms with Crippen molar-refractivity contribution in [2.75, 3.05) is 10.6 Å². The maximum atomic E-state index is 13.7. The van der Waals surface area contributed by atoms with Gasteiger partial charge in [-0.05, 0) is 42.3 Å². The Bertz CT molecular complexity index is 988. The molecule has 0 atom stereocenters. The summed E-state index contributed by atoms with van der Waals surface area (Å²) in [6.07, 6.45) is 2.15. The number of pyridine rings is 1. The van der Waals surface area contributed by atoms with Gasteiger partial charge in [0.1, 0.15) is 11.5 Å². The predicted molar refractivity (Wildman–Crippen MR) is 102 cm³/mol. The lowest BCUT2D eigenvalue weighted by Gasteiger charge is -2.10. The zero-order valence-electron chi connectivity index (χ0n) is 14.7. The van der Waals surface area contributed by atoms with Gasteiger partial charge in [0.25, 0.3) is 11.8 Å². The summed E-state index contributed by atoms with van der Waals surface area (Å²) < 4.78 is 13.7. The van der Waals surface area contributed by atoms with Crippen molar-refractivity contribution in [3.63, 3.8) is 0 Å². The molecule has 2 aromatic carbocycles. The van der Waals surface area contributed by atoms with Crippen LogP contribution in [0.15, 0.2) is 66.9 Å². The van der Waals surface area contributed by atoms with Gasteiger partial charge in [-0.2, -0.15) is 0 Å². The quantitative estimate of drug-likeness (QED) is 0.710. The second-order valence-corrected chi connectivity index (χ2v) is 5.83. The maximum Gasteiger partial charge on any atom is 0.274 e. The first-order valence-corrected chi connectivity index (χ1v) is 8.49. The molecule has 5 nitrogen and oxygen atoms in total. The normalized spacial score (nSPS) is 10.3. The highest BCUT2D eigenvalue weighted by Crippen LogP contribution is 2.17. The number of aromatic nitrogens is 1. The zero-order valence-corrected chi connectivity index (χ0v) is 14.7. The molecule has 0 aliphatic rings. The monoisotopic (exact) mass is 363 g/mol. The third kappa shape index (κ3) is 4.36. The Kier molecular flexibility index (Phi) is 5.56. The molecular formula is C21H18FN3O2. The van der Waals surface area contributed by atoms with Gasteiger partial charge in [-0.1, -0.05) is 37.3 Å². The molecule has 0 unspecified atom stereocenters. The summed E-state index contributed by atoms with van der Waals surface area (Å²) in [7, 11) is 0. The highest BCUT2D eigenvalue weighted by atomic mass is 19.1. The van der Waals surface area contributed by atoms with Gasteiger partial charge < -0.3 is 10.6 Å². The van der Waals surface area contributed by atoms with Gasteiger partial charge in [0.2, 0.25) is 0 Å². The van der Waals surface area contributed by atoms with Crippen LogP contribution in [-0.2, 0) is 6.42 Å². The molecule has 0 saturated heterocycles. The molecule has 6 heteroatoms. The largest absolute Gasteiger partial charge is 0.322 e. The molecule has 3 aromatic rings. The maximum absolute atomic E-state index is 13.7. The van der Waals surface area contributed by atoms with Crippen molar-refractivity contribution < 1.29 is 14.0 Å². The van der Waals surface area contributed by atoms with Gasteiger partial charge in [-0.15, -0.1) is 0 Å². The van der Waals surface area contributed by atoms with Crippen molar-refractivity contribution in [3.8, 4) is 0 Å². The summed E-state index contributed by atoms with van der Waals surface area (Å²) >= 11 is 0. The summed E-state index contributed by atoms with van der Waals surface area (Å²) in [4.78, 5) is 28.8. The number of carbonyl (C=O) groups excluding carboxylic acids is 2. The van der Waals surface area contributed by atoms with Crippen LogP contribution in [-0.4, -0.2) is 16.8 Å². The molecule has 0 aliphatic carbocycles. The Balaban J connectivity index is 1.77. The number of aryl methyl sites for hydroxylation is 1. The van der Waals surface area contributed by atoms with Crippen LogP contribution in [0.4, 0.5) is 15.8 Å². The van der Waals surface area contributed by atoms with E-state index >= 15 is 0 Å². The number of hydrogen-bond acceptors (Lipinski definition) is 3. The number of nitrogens with one attached hydrogen (secondary N) is 2. The van der Waals surface area contributed by atoms with Crippen LogP contribution in [0.3, 0.4) is 0 Å². The number of carbonyl (C=O) groups is 2. The van der Waals surface area contributed by atoms with E-state index in [1.807, 2.05) is 31.2 Å². The van der Waals surface area contributed by atoms with Crippen molar-refractivity contribution >= 4 is 23.2 Å². The molecule has 2 amide bonds. The van der Waals surface area contributed by atoms with Crippen LogP contribution < -0.4 is 10.6 Å². The van der Waals surface area contributed by atoms with E-state index in [1.165, 1.54) is 36.5 Å². The highest BCUT2D eigenvalue weighted by Gasteiger charge is 2.14. The van der Waals surface area contributed by atoms with Gasteiger partial charge in [0.15, 0.2) is 0 Å². The molecule has 2 N–H and O–H groups in total. The van der Waals surface area contributed by atoms with Crippen molar-refractivity contribution in [1.82, 2.24) is 4.98 Å². The standard InChI is InChI=1S/C21H18FN3O2/c1-2-14-7-3-5-9-17(14)24-20(26)15-11-12-23-19(13-15)21(27)25-18-10-6-4-8-16(18)22/h3-13H,2H2,1H3,(H,24,26)(H,25,27). The second kappa shape index (κ2) is 8.23. The minimum Gasteiger partial charge on any atom is -0.322 e. The van der Waals surface area contributed by atoms with E-state index in [0.717, 1.165) is 17.7 Å². The molecule has 0 fully saturated rings. The summed E-state index contributed by atoms with van der Waals surface area (Å²) in [5.74, 6) is -1.49. The second-order valence-electron chi connectivity index (χ2n) is 5.83. The predicted octanol–water partition coefficient (Wildman–Crippen LogP) is 4.29. The third-order valence-electron chi connectivity index (χ3n) is 4.02. The van der Waals surface area contributed by atoms with Crippen LogP contribution in [0.1, 0.15) is 33.3 Å². The van der Waals surface area contributed by atoms with Gasteiger partial charge >= 0.3 is 0 Å².